The number of sulfonamides is 1. The first-order valence-electron chi connectivity index (χ1n) is 10.6. The van der Waals surface area contributed by atoms with Crippen molar-refractivity contribution in [3.8, 4) is 0 Å². The number of aliphatic imine (C=N–C) groups is 1. The Morgan fingerprint density at radius 3 is 2.16 bits per heavy atom. The molecule has 9 heteroatoms. The predicted octanol–water partition coefficient (Wildman–Crippen LogP) is 3.52. The molecule has 8 nitrogen and oxygen atoms in total. The first-order chi connectivity index (χ1) is 15.2. The second-order valence-corrected chi connectivity index (χ2v) is 9.60. The quantitative estimate of drug-likeness (QED) is 0.563. The van der Waals surface area contributed by atoms with Gasteiger partial charge in [0.2, 0.25) is 11.8 Å². The number of carbonyl (C=O) groups is 2. The molecule has 2 amide bonds. The summed E-state index contributed by atoms with van der Waals surface area (Å²) >= 11 is 0. The maximum atomic E-state index is 13.0. The van der Waals surface area contributed by atoms with E-state index in [0.29, 0.717) is 23.4 Å². The second-order valence-electron chi connectivity index (χ2n) is 7.95. The van der Waals surface area contributed by atoms with Crippen molar-refractivity contribution in [2.75, 3.05) is 10.6 Å². The molecule has 0 aromatic heterocycles. The van der Waals surface area contributed by atoms with Crippen molar-refractivity contribution in [1.29, 1.82) is 0 Å². The Labute approximate surface area is 188 Å². The van der Waals surface area contributed by atoms with Gasteiger partial charge in [0.1, 0.15) is 11.9 Å². The molecule has 1 aliphatic heterocycles. The molecule has 170 valence electrons. The third-order valence-corrected chi connectivity index (χ3v) is 6.42. The Kier molecular flexibility index (Phi) is 7.29. The maximum absolute atomic E-state index is 13.0. The molecule has 3 N–H and O–H groups in total. The van der Waals surface area contributed by atoms with Crippen LogP contribution in [0.5, 0.6) is 0 Å². The van der Waals surface area contributed by atoms with E-state index in [9.17, 15) is 18.0 Å². The summed E-state index contributed by atoms with van der Waals surface area (Å²) in [6, 6.07) is 12.6. The van der Waals surface area contributed by atoms with Crippen molar-refractivity contribution in [3.05, 3.63) is 54.1 Å². The van der Waals surface area contributed by atoms with Gasteiger partial charge >= 0.3 is 0 Å². The number of benzene rings is 2. The van der Waals surface area contributed by atoms with Crippen LogP contribution >= 0.6 is 0 Å². The van der Waals surface area contributed by atoms with Crippen LogP contribution in [0.15, 0.2) is 58.4 Å². The predicted molar refractivity (Wildman–Crippen MR) is 125 cm³/mol. The molecule has 1 atom stereocenters. The molecule has 1 heterocycles. The highest BCUT2D eigenvalue weighted by molar-refractivity contribution is 7.90. The van der Waals surface area contributed by atoms with Crippen LogP contribution in [-0.2, 0) is 19.6 Å². The van der Waals surface area contributed by atoms with Gasteiger partial charge in [-0.1, -0.05) is 45.7 Å². The summed E-state index contributed by atoms with van der Waals surface area (Å²) in [5.41, 5.74) is 1.67. The van der Waals surface area contributed by atoms with E-state index in [2.05, 4.69) is 20.3 Å². The number of fused-ring (bicyclic) bond motifs is 1. The molecule has 0 radical (unpaired) electrons. The highest BCUT2D eigenvalue weighted by Crippen LogP contribution is 2.23. The van der Waals surface area contributed by atoms with Crippen molar-refractivity contribution in [2.24, 2.45) is 10.9 Å². The number of anilines is 2. The van der Waals surface area contributed by atoms with E-state index in [1.165, 1.54) is 6.07 Å². The van der Waals surface area contributed by atoms with Gasteiger partial charge in [-0.05, 0) is 42.8 Å². The minimum absolute atomic E-state index is 0.0865. The topological polar surface area (TPSA) is 117 Å². The summed E-state index contributed by atoms with van der Waals surface area (Å²) < 4.78 is 27.2. The van der Waals surface area contributed by atoms with Crippen molar-refractivity contribution in [3.63, 3.8) is 0 Å². The van der Waals surface area contributed by atoms with Crippen LogP contribution in [0.4, 0.5) is 11.4 Å². The van der Waals surface area contributed by atoms with Crippen molar-refractivity contribution >= 4 is 39.0 Å². The fraction of sp³-hybridized carbons (Fsp3) is 0.348. The number of hydrogen-bond acceptors (Lipinski definition) is 5. The zero-order valence-corrected chi connectivity index (χ0v) is 19.2. The largest absolute Gasteiger partial charge is 0.326 e. The summed E-state index contributed by atoms with van der Waals surface area (Å²) in [7, 11) is -3.67. The molecule has 1 unspecified atom stereocenters. The third-order valence-electron chi connectivity index (χ3n) is 5.03. The normalized spacial score (nSPS) is 16.3. The molecule has 3 rings (SSSR count). The minimum atomic E-state index is -3.67. The summed E-state index contributed by atoms with van der Waals surface area (Å²) in [5.74, 6) is -0.361. The van der Waals surface area contributed by atoms with Gasteiger partial charge in [-0.3, -0.25) is 19.3 Å². The van der Waals surface area contributed by atoms with Crippen molar-refractivity contribution < 1.29 is 18.0 Å². The molecule has 32 heavy (non-hydrogen) atoms. The van der Waals surface area contributed by atoms with Gasteiger partial charge in [-0.15, -0.1) is 0 Å². The minimum Gasteiger partial charge on any atom is -0.326 e. The fourth-order valence-electron chi connectivity index (χ4n) is 3.19. The van der Waals surface area contributed by atoms with Crippen LogP contribution < -0.4 is 15.4 Å². The Bertz CT molecular complexity index is 1120. The van der Waals surface area contributed by atoms with E-state index in [0.717, 1.165) is 12.8 Å². The number of rotatable bonds is 8. The summed E-state index contributed by atoms with van der Waals surface area (Å²) in [4.78, 5) is 29.4. The summed E-state index contributed by atoms with van der Waals surface area (Å²) in [5, 5.41) is 5.64. The number of nitrogens with one attached hydrogen (secondary N) is 3. The first kappa shape index (κ1) is 23.5. The Morgan fingerprint density at radius 2 is 1.56 bits per heavy atom. The van der Waals surface area contributed by atoms with Crippen LogP contribution in [-0.4, -0.2) is 32.1 Å². The van der Waals surface area contributed by atoms with Gasteiger partial charge in [0.25, 0.3) is 10.0 Å². The summed E-state index contributed by atoms with van der Waals surface area (Å²) in [6.45, 7) is 5.63. The summed E-state index contributed by atoms with van der Waals surface area (Å²) in [6.07, 6.45) is 2.13. The number of nitrogens with zero attached hydrogens (tertiary/aromatic N) is 1. The first-order valence-corrected chi connectivity index (χ1v) is 12.1. The monoisotopic (exact) mass is 456 g/mol. The molecule has 0 aliphatic carbocycles. The maximum Gasteiger partial charge on any atom is 0.263 e. The van der Waals surface area contributed by atoms with Crippen LogP contribution in [0, 0.1) is 5.92 Å². The van der Waals surface area contributed by atoms with Crippen LogP contribution in [0.3, 0.4) is 0 Å². The van der Waals surface area contributed by atoms with Gasteiger partial charge in [0, 0.05) is 22.9 Å². The van der Waals surface area contributed by atoms with E-state index >= 15 is 0 Å². The van der Waals surface area contributed by atoms with Crippen LogP contribution in [0.25, 0.3) is 0 Å². The smallest absolute Gasteiger partial charge is 0.263 e. The standard InChI is InChI=1S/C23H28N4O4S/c1-4-5-9-19(26-21-18-8-6-7-10-20(18)32(30,31)27-21)23(29)25-17-13-11-16(12-14-17)24-22(28)15(2)3/h6-8,10-15,19H,4-5,9H2,1-3H3,(H,24,28)(H,25,29)(H,26,27). The Morgan fingerprint density at radius 1 is 0.969 bits per heavy atom. The lowest BCUT2D eigenvalue weighted by molar-refractivity contribution is -0.119. The lowest BCUT2D eigenvalue weighted by atomic mass is 10.1. The van der Waals surface area contributed by atoms with Gasteiger partial charge in [0.05, 0.1) is 4.90 Å². The Hall–Kier alpha value is -3.20. The number of amides is 2. The van der Waals surface area contributed by atoms with E-state index in [1.54, 1.807) is 42.5 Å². The van der Waals surface area contributed by atoms with Crippen LogP contribution in [0.2, 0.25) is 0 Å². The zero-order chi connectivity index (χ0) is 23.3. The molecule has 0 bridgehead atoms. The van der Waals surface area contributed by atoms with Crippen LogP contribution in [0.1, 0.15) is 45.6 Å². The molecule has 0 fully saturated rings. The lowest BCUT2D eigenvalue weighted by Crippen LogP contribution is -2.30. The molecular formula is C23H28N4O4S. The van der Waals surface area contributed by atoms with Crippen molar-refractivity contribution in [2.45, 2.75) is 51.0 Å². The Balaban J connectivity index is 1.78. The van der Waals surface area contributed by atoms with Crippen molar-refractivity contribution in [1.82, 2.24) is 4.72 Å². The fourth-order valence-corrected chi connectivity index (χ4v) is 4.43. The molecule has 0 saturated carbocycles. The molecular weight excluding hydrogens is 428 g/mol. The van der Waals surface area contributed by atoms with Gasteiger partial charge in [0.15, 0.2) is 0 Å². The average molecular weight is 457 g/mol. The van der Waals surface area contributed by atoms with E-state index in [1.807, 2.05) is 20.8 Å². The van der Waals surface area contributed by atoms with Gasteiger partial charge < -0.3 is 10.6 Å². The number of carbonyl (C=O) groups excluding carboxylic acids is 2. The number of amidine groups is 1. The third kappa shape index (κ3) is 5.53. The molecule has 1 aliphatic rings. The van der Waals surface area contributed by atoms with E-state index in [4.69, 9.17) is 0 Å². The van der Waals surface area contributed by atoms with E-state index in [-0.39, 0.29) is 28.5 Å². The van der Waals surface area contributed by atoms with E-state index < -0.39 is 16.1 Å². The highest BCUT2D eigenvalue weighted by Gasteiger charge is 2.31. The molecule has 2 aromatic rings. The van der Waals surface area contributed by atoms with Gasteiger partial charge in [-0.25, -0.2) is 8.42 Å². The average Bonchev–Trinajstić information content (AvgIpc) is 3.02. The SMILES string of the molecule is CCCCC(N=C1NS(=O)(=O)c2ccccc21)C(=O)Nc1ccc(NC(=O)C(C)C)cc1. The highest BCUT2D eigenvalue weighted by atomic mass is 32.2. The zero-order valence-electron chi connectivity index (χ0n) is 18.4. The second kappa shape index (κ2) is 9.95. The number of hydrogen-bond donors (Lipinski definition) is 3. The molecule has 0 saturated heterocycles. The van der Waals surface area contributed by atoms with Gasteiger partial charge in [-0.2, -0.15) is 0 Å². The molecule has 0 spiro atoms. The lowest BCUT2D eigenvalue weighted by Gasteiger charge is -2.14. The molecule has 2 aromatic carbocycles. The number of unbranched alkanes of at least 4 members (excludes halogenated alkanes) is 1.